The first kappa shape index (κ1) is 20.4. The van der Waals surface area contributed by atoms with E-state index in [1.807, 2.05) is 0 Å². The van der Waals surface area contributed by atoms with Crippen LogP contribution in [-0.4, -0.2) is 19.7 Å². The molecule has 0 saturated carbocycles. The Hall–Kier alpha value is -4.96. The number of nitrogens with two attached hydrogens (primary N) is 4. The summed E-state index contributed by atoms with van der Waals surface area (Å²) in [4.78, 5) is 40.2. The van der Waals surface area contributed by atoms with Crippen LogP contribution >= 0.6 is 0 Å². The average molecular weight is 410 g/mol. The van der Waals surface area contributed by atoms with Gasteiger partial charge in [0, 0.05) is 12.1 Å². The molecule has 0 fully saturated rings. The molecule has 0 aliphatic carbocycles. The summed E-state index contributed by atoms with van der Waals surface area (Å²) >= 11 is 0. The van der Waals surface area contributed by atoms with Crippen LogP contribution in [0.25, 0.3) is 0 Å². The van der Waals surface area contributed by atoms with Crippen LogP contribution in [0.5, 0.6) is 11.5 Å². The number of nitro groups is 4. The van der Waals surface area contributed by atoms with Crippen molar-refractivity contribution in [1.82, 2.24) is 0 Å². The lowest BCUT2D eigenvalue weighted by molar-refractivity contribution is -0.423. The molecule has 0 spiro atoms. The minimum Gasteiger partial charge on any atom is -0.442 e. The van der Waals surface area contributed by atoms with E-state index in [1.165, 1.54) is 0 Å². The van der Waals surface area contributed by atoms with Crippen LogP contribution < -0.4 is 27.7 Å². The molecule has 17 heteroatoms. The number of hydrogen-bond donors (Lipinski definition) is 4. The third kappa shape index (κ3) is 3.37. The van der Waals surface area contributed by atoms with Crippen molar-refractivity contribution in [2.75, 3.05) is 22.9 Å². The summed E-state index contributed by atoms with van der Waals surface area (Å²) in [7, 11) is 0. The van der Waals surface area contributed by atoms with Crippen molar-refractivity contribution in [3.8, 4) is 11.5 Å². The molecular formula is C12H10N8O9. The molecule has 0 atom stereocenters. The first-order valence-corrected chi connectivity index (χ1v) is 7.07. The van der Waals surface area contributed by atoms with Crippen LogP contribution in [0.3, 0.4) is 0 Å². The highest BCUT2D eigenvalue weighted by Crippen LogP contribution is 2.50. The number of rotatable bonds is 6. The summed E-state index contributed by atoms with van der Waals surface area (Å²) < 4.78 is 5.05. The van der Waals surface area contributed by atoms with Crippen molar-refractivity contribution < 1.29 is 24.4 Å². The fourth-order valence-electron chi connectivity index (χ4n) is 2.33. The highest BCUT2D eigenvalue weighted by molar-refractivity contribution is 5.87. The molecular weight excluding hydrogens is 400 g/mol. The van der Waals surface area contributed by atoms with E-state index in [9.17, 15) is 40.5 Å². The number of nitro benzene ring substituents is 4. The second kappa shape index (κ2) is 6.98. The van der Waals surface area contributed by atoms with E-state index in [0.29, 0.717) is 12.1 Å². The zero-order valence-corrected chi connectivity index (χ0v) is 13.9. The maximum atomic E-state index is 11.4. The standard InChI is InChI=1S/C12H10N8O9/c13-3-1-5(9(17(21)22)11(7(3)15)19(25)26)29-6-2-4(14)8(16)12(20(27)28)10(6)18(23)24/h1-2H,13-16H2. The molecule has 2 aromatic rings. The van der Waals surface area contributed by atoms with E-state index < -0.39 is 76.7 Å². The van der Waals surface area contributed by atoms with Crippen LogP contribution in [0.2, 0.25) is 0 Å². The highest BCUT2D eigenvalue weighted by atomic mass is 16.7. The molecule has 0 aliphatic heterocycles. The van der Waals surface area contributed by atoms with Crippen LogP contribution in [0.4, 0.5) is 45.5 Å². The maximum Gasteiger partial charge on any atom is 0.390 e. The smallest absolute Gasteiger partial charge is 0.390 e. The van der Waals surface area contributed by atoms with E-state index >= 15 is 0 Å². The molecule has 0 bridgehead atoms. The van der Waals surface area contributed by atoms with E-state index in [-0.39, 0.29) is 0 Å². The lowest BCUT2D eigenvalue weighted by atomic mass is 10.1. The van der Waals surface area contributed by atoms with Gasteiger partial charge in [-0.1, -0.05) is 0 Å². The average Bonchev–Trinajstić information content (AvgIpc) is 2.58. The Morgan fingerprint density at radius 1 is 0.586 bits per heavy atom. The van der Waals surface area contributed by atoms with Crippen molar-refractivity contribution >= 4 is 45.5 Å². The Morgan fingerprint density at radius 2 is 0.862 bits per heavy atom. The zero-order chi connectivity index (χ0) is 22.2. The molecule has 0 heterocycles. The molecule has 0 radical (unpaired) electrons. The van der Waals surface area contributed by atoms with Gasteiger partial charge in [-0.2, -0.15) is 0 Å². The van der Waals surface area contributed by atoms with Gasteiger partial charge >= 0.3 is 22.7 Å². The molecule has 2 rings (SSSR count). The Morgan fingerprint density at radius 3 is 1.10 bits per heavy atom. The topological polar surface area (TPSA) is 286 Å². The summed E-state index contributed by atoms with van der Waals surface area (Å²) in [6.45, 7) is 0. The molecule has 17 nitrogen and oxygen atoms in total. The number of benzene rings is 2. The molecule has 0 unspecified atom stereocenters. The number of nitrogen functional groups attached to an aromatic ring is 4. The number of nitrogens with zero attached hydrogens (tertiary/aromatic N) is 4. The second-order valence-corrected chi connectivity index (χ2v) is 5.28. The highest BCUT2D eigenvalue weighted by Gasteiger charge is 2.39. The Bertz CT molecular complexity index is 1010. The SMILES string of the molecule is Nc1cc(Oc2cc(N)c(N)c([N+](=O)[O-])c2[N+](=O)[O-])c([N+](=O)[O-])c([N+](=O)[O-])c1N. The lowest BCUT2D eigenvalue weighted by Crippen LogP contribution is -2.08. The van der Waals surface area contributed by atoms with Crippen molar-refractivity contribution in [1.29, 1.82) is 0 Å². The third-order valence-corrected chi connectivity index (χ3v) is 3.57. The number of anilines is 4. The van der Waals surface area contributed by atoms with Gasteiger partial charge in [0.2, 0.25) is 11.5 Å². The summed E-state index contributed by atoms with van der Waals surface area (Å²) in [5.41, 5.74) is 14.3. The molecule has 152 valence electrons. The fourth-order valence-corrected chi connectivity index (χ4v) is 2.33. The van der Waals surface area contributed by atoms with Crippen molar-refractivity contribution in [2.45, 2.75) is 0 Å². The van der Waals surface area contributed by atoms with Crippen molar-refractivity contribution in [3.63, 3.8) is 0 Å². The molecule has 0 saturated heterocycles. The molecule has 29 heavy (non-hydrogen) atoms. The van der Waals surface area contributed by atoms with Gasteiger partial charge in [-0.15, -0.1) is 0 Å². The number of hydrogen-bond acceptors (Lipinski definition) is 13. The molecule has 2 aromatic carbocycles. The minimum absolute atomic E-state index is 0.516. The molecule has 8 N–H and O–H groups in total. The third-order valence-electron chi connectivity index (χ3n) is 3.57. The summed E-state index contributed by atoms with van der Waals surface area (Å²) in [6, 6.07) is 1.39. The van der Waals surface area contributed by atoms with E-state index in [4.69, 9.17) is 27.7 Å². The predicted octanol–water partition coefficient (Wildman–Crippen LogP) is 1.44. The Balaban J connectivity index is 2.88. The van der Waals surface area contributed by atoms with Crippen molar-refractivity contribution in [3.05, 3.63) is 52.6 Å². The van der Waals surface area contributed by atoms with Crippen LogP contribution in [0.15, 0.2) is 12.1 Å². The van der Waals surface area contributed by atoms with E-state index in [2.05, 4.69) is 0 Å². The summed E-state index contributed by atoms with van der Waals surface area (Å²) in [6.07, 6.45) is 0. The maximum absolute atomic E-state index is 11.4. The monoisotopic (exact) mass is 410 g/mol. The van der Waals surface area contributed by atoms with Crippen molar-refractivity contribution in [2.24, 2.45) is 0 Å². The Labute approximate surface area is 158 Å². The van der Waals surface area contributed by atoms with Crippen LogP contribution in [0.1, 0.15) is 0 Å². The summed E-state index contributed by atoms with van der Waals surface area (Å²) in [5, 5.41) is 45.1. The molecule has 0 aromatic heterocycles. The molecule has 0 amide bonds. The van der Waals surface area contributed by atoms with Gasteiger partial charge in [-0.05, 0) is 0 Å². The van der Waals surface area contributed by atoms with Gasteiger partial charge in [0.25, 0.3) is 0 Å². The second-order valence-electron chi connectivity index (χ2n) is 5.28. The minimum atomic E-state index is -1.28. The zero-order valence-electron chi connectivity index (χ0n) is 13.9. The largest absolute Gasteiger partial charge is 0.442 e. The predicted molar refractivity (Wildman–Crippen MR) is 97.2 cm³/mol. The van der Waals surface area contributed by atoms with Crippen LogP contribution in [0, 0.1) is 40.5 Å². The van der Waals surface area contributed by atoms with E-state index in [1.54, 1.807) is 0 Å². The molecule has 0 aliphatic rings. The van der Waals surface area contributed by atoms with Gasteiger partial charge in [-0.25, -0.2) is 0 Å². The van der Waals surface area contributed by atoms with E-state index in [0.717, 1.165) is 0 Å². The number of ether oxygens (including phenoxy) is 1. The summed E-state index contributed by atoms with van der Waals surface area (Å²) in [5.74, 6) is -1.87. The Kier molecular flexibility index (Phi) is 4.90. The van der Waals surface area contributed by atoms with Gasteiger partial charge in [0.05, 0.1) is 31.1 Å². The quantitative estimate of drug-likeness (QED) is 0.298. The lowest BCUT2D eigenvalue weighted by Gasteiger charge is -2.11. The fraction of sp³-hybridized carbons (Fsp3) is 0. The first-order valence-electron chi connectivity index (χ1n) is 7.07. The van der Waals surface area contributed by atoms with Gasteiger partial charge in [-0.3, -0.25) is 40.5 Å². The normalized spacial score (nSPS) is 10.3. The van der Waals surface area contributed by atoms with Gasteiger partial charge in [0.1, 0.15) is 11.4 Å². The first-order chi connectivity index (χ1) is 13.4. The van der Waals surface area contributed by atoms with Crippen LogP contribution in [-0.2, 0) is 0 Å². The van der Waals surface area contributed by atoms with Gasteiger partial charge in [0.15, 0.2) is 0 Å². The van der Waals surface area contributed by atoms with Gasteiger partial charge < -0.3 is 27.7 Å².